The van der Waals surface area contributed by atoms with E-state index in [1.54, 1.807) is 42.5 Å². The Morgan fingerprint density at radius 1 is 1.00 bits per heavy atom. The van der Waals surface area contributed by atoms with Gasteiger partial charge in [0, 0.05) is 37.0 Å². The number of ether oxygens (including phenoxy) is 2. The van der Waals surface area contributed by atoms with E-state index < -0.39 is 70.0 Å². The molecule has 3 aromatic carbocycles. The fraction of sp³-hybridized carbons (Fsp3) is 0.219. The molecule has 0 aliphatic carbocycles. The van der Waals surface area contributed by atoms with Crippen LogP contribution in [0.15, 0.2) is 71.7 Å². The fourth-order valence-corrected chi connectivity index (χ4v) is 5.08. The number of anilines is 1. The van der Waals surface area contributed by atoms with Crippen LogP contribution in [0, 0.1) is 23.3 Å². The van der Waals surface area contributed by atoms with Crippen LogP contribution in [0.5, 0.6) is 5.75 Å². The normalized spacial score (nSPS) is 14.2. The van der Waals surface area contributed by atoms with Crippen LogP contribution in [0.2, 0.25) is 0 Å². The van der Waals surface area contributed by atoms with Crippen LogP contribution < -0.4 is 20.8 Å². The van der Waals surface area contributed by atoms with Crippen molar-refractivity contribution in [3.05, 3.63) is 128 Å². The lowest BCUT2D eigenvalue weighted by Gasteiger charge is -2.25. The van der Waals surface area contributed by atoms with E-state index in [9.17, 15) is 31.9 Å². The van der Waals surface area contributed by atoms with Gasteiger partial charge in [-0.25, -0.2) is 22.4 Å². The van der Waals surface area contributed by atoms with Crippen molar-refractivity contribution in [2.24, 2.45) is 0 Å². The number of para-hydroxylation sites is 1. The summed E-state index contributed by atoms with van der Waals surface area (Å²) < 4.78 is 68.6. The number of nitrogens with one attached hydrogen (secondary N) is 2. The molecule has 1 aliphatic rings. The van der Waals surface area contributed by atoms with Crippen LogP contribution in [0.1, 0.15) is 50.0 Å². The maximum atomic E-state index is 14.6. The van der Waals surface area contributed by atoms with E-state index in [-0.39, 0.29) is 18.8 Å². The molecule has 0 radical (unpaired) electrons. The monoisotopic (exact) mass is 609 g/mol. The second-order valence-electron chi connectivity index (χ2n) is 10.1. The van der Waals surface area contributed by atoms with Crippen LogP contribution in [0.25, 0.3) is 0 Å². The van der Waals surface area contributed by atoms with Crippen molar-refractivity contribution in [3.8, 4) is 5.75 Å². The van der Waals surface area contributed by atoms with E-state index in [0.29, 0.717) is 41.8 Å². The second kappa shape index (κ2) is 13.0. The molecule has 0 bridgehead atoms. The van der Waals surface area contributed by atoms with Gasteiger partial charge in [0.15, 0.2) is 11.4 Å². The summed E-state index contributed by atoms with van der Waals surface area (Å²) in [6.45, 7) is -0.739. The number of methoxy groups -OCH3 is 1. The van der Waals surface area contributed by atoms with Gasteiger partial charge in [0.05, 0.1) is 18.8 Å². The largest absolute Gasteiger partial charge is 0.482 e. The number of rotatable bonds is 8. The molecule has 12 heteroatoms. The van der Waals surface area contributed by atoms with Crippen molar-refractivity contribution in [1.29, 1.82) is 0 Å². The summed E-state index contributed by atoms with van der Waals surface area (Å²) >= 11 is 0. The lowest BCUT2D eigenvalue weighted by atomic mass is 10.0. The third-order valence-electron chi connectivity index (χ3n) is 7.33. The lowest BCUT2D eigenvalue weighted by molar-refractivity contribution is 0.0576. The Morgan fingerprint density at radius 3 is 2.43 bits per heavy atom. The molecule has 228 valence electrons. The molecule has 1 amide bonds. The van der Waals surface area contributed by atoms with Crippen molar-refractivity contribution in [1.82, 2.24) is 9.88 Å². The van der Waals surface area contributed by atoms with Gasteiger partial charge in [0.2, 0.25) is 5.43 Å². The lowest BCUT2D eigenvalue weighted by Crippen LogP contribution is -2.34. The molecular weight excluding hydrogens is 582 g/mol. The molecule has 44 heavy (non-hydrogen) atoms. The molecule has 1 atom stereocenters. The van der Waals surface area contributed by atoms with Gasteiger partial charge in [-0.05, 0) is 30.0 Å². The molecule has 5 rings (SSSR count). The Hall–Kier alpha value is -5.13. The first-order chi connectivity index (χ1) is 21.2. The van der Waals surface area contributed by atoms with Crippen LogP contribution >= 0.6 is 0 Å². The first-order valence-corrected chi connectivity index (χ1v) is 13.6. The Morgan fingerprint density at radius 2 is 1.73 bits per heavy atom. The molecule has 4 aromatic rings. The van der Waals surface area contributed by atoms with E-state index in [2.05, 4.69) is 10.6 Å². The minimum absolute atomic E-state index is 0.103. The van der Waals surface area contributed by atoms with E-state index in [0.717, 1.165) is 13.3 Å². The molecule has 1 aromatic heterocycles. The van der Waals surface area contributed by atoms with Crippen LogP contribution in [-0.2, 0) is 24.3 Å². The number of carbonyl (C=O) groups is 2. The average molecular weight is 610 g/mol. The van der Waals surface area contributed by atoms with Gasteiger partial charge in [0.1, 0.15) is 35.4 Å². The van der Waals surface area contributed by atoms with Crippen molar-refractivity contribution in [2.45, 2.75) is 32.0 Å². The summed E-state index contributed by atoms with van der Waals surface area (Å²) in [6, 6.07) is 13.8. The van der Waals surface area contributed by atoms with Crippen molar-refractivity contribution < 1.29 is 36.6 Å². The number of amides is 1. The number of esters is 1. The highest BCUT2D eigenvalue weighted by molar-refractivity contribution is 5.97. The van der Waals surface area contributed by atoms with Gasteiger partial charge >= 0.3 is 5.97 Å². The summed E-state index contributed by atoms with van der Waals surface area (Å²) in [4.78, 5) is 40.2. The number of aromatic nitrogens is 1. The number of pyridine rings is 1. The van der Waals surface area contributed by atoms with E-state index in [1.165, 1.54) is 10.6 Å². The van der Waals surface area contributed by atoms with Gasteiger partial charge in [-0.2, -0.15) is 0 Å². The smallest absolute Gasteiger partial charge is 0.358 e. The number of nitrogens with zero attached hydrogens (tertiary/aromatic N) is 1. The Bertz CT molecular complexity index is 1760. The summed E-state index contributed by atoms with van der Waals surface area (Å²) in [5.74, 6) is -6.43. The van der Waals surface area contributed by atoms with Gasteiger partial charge < -0.3 is 24.7 Å². The molecule has 0 saturated carbocycles. The standard InChI is InChI=1S/C32H27F4N3O5/c1-43-32(42)28-30(44-17-18-6-3-2-4-7-18)29(40)23(31(41)38-15-22-25(35)12-20(33)13-26(22)36)16-39(28)21-11-10-19-8-5-9-24(34)27(19)37-14-21/h2-9,12-13,16,21,37H,10-11,14-15,17H2,1H3,(H,38,41)/t21-/m1/s1. The molecule has 0 saturated heterocycles. The van der Waals surface area contributed by atoms with E-state index in [4.69, 9.17) is 9.47 Å². The number of hydrogen-bond donors (Lipinski definition) is 2. The number of fused-ring (bicyclic) bond motifs is 1. The zero-order chi connectivity index (χ0) is 31.4. The highest BCUT2D eigenvalue weighted by Crippen LogP contribution is 2.31. The third kappa shape index (κ3) is 6.29. The first-order valence-electron chi connectivity index (χ1n) is 13.6. The van der Waals surface area contributed by atoms with Crippen molar-refractivity contribution in [3.63, 3.8) is 0 Å². The zero-order valence-corrected chi connectivity index (χ0v) is 23.5. The highest BCUT2D eigenvalue weighted by atomic mass is 19.1. The van der Waals surface area contributed by atoms with Gasteiger partial charge in [-0.3, -0.25) is 9.59 Å². The maximum absolute atomic E-state index is 14.6. The third-order valence-corrected chi connectivity index (χ3v) is 7.33. The molecule has 0 fully saturated rings. The molecule has 8 nitrogen and oxygen atoms in total. The van der Waals surface area contributed by atoms with Crippen LogP contribution in [-0.4, -0.2) is 30.1 Å². The number of benzene rings is 3. The van der Waals surface area contributed by atoms with Gasteiger partial charge in [-0.15, -0.1) is 0 Å². The fourth-order valence-electron chi connectivity index (χ4n) is 5.08. The number of halogens is 4. The predicted molar refractivity (Wildman–Crippen MR) is 153 cm³/mol. The summed E-state index contributed by atoms with van der Waals surface area (Å²) in [5.41, 5.74) is -0.665. The average Bonchev–Trinajstić information content (AvgIpc) is 3.23. The highest BCUT2D eigenvalue weighted by Gasteiger charge is 2.31. The number of carbonyl (C=O) groups excluding carboxylic acids is 2. The van der Waals surface area contributed by atoms with E-state index >= 15 is 0 Å². The summed E-state index contributed by atoms with van der Waals surface area (Å²) in [6.07, 6.45) is 1.90. The zero-order valence-electron chi connectivity index (χ0n) is 23.5. The Balaban J connectivity index is 1.57. The molecule has 0 unspecified atom stereocenters. The van der Waals surface area contributed by atoms with Crippen LogP contribution in [0.4, 0.5) is 23.2 Å². The molecule has 2 N–H and O–H groups in total. The minimum Gasteiger partial charge on any atom is -0.482 e. The molecular formula is C32H27F4N3O5. The Kier molecular flexibility index (Phi) is 8.98. The Labute approximate surface area is 249 Å². The van der Waals surface area contributed by atoms with Crippen molar-refractivity contribution in [2.75, 3.05) is 19.0 Å². The SMILES string of the molecule is COC(=O)c1c(OCc2ccccc2)c(=O)c(C(=O)NCc2c(F)cc(F)cc2F)cn1[C@@H]1CCc2cccc(F)c2NC1. The van der Waals surface area contributed by atoms with E-state index in [1.807, 2.05) is 0 Å². The first kappa shape index (κ1) is 30.3. The topological polar surface area (TPSA) is 98.7 Å². The number of aryl methyl sites for hydroxylation is 1. The van der Waals surface area contributed by atoms with Gasteiger partial charge in [0.25, 0.3) is 5.91 Å². The van der Waals surface area contributed by atoms with Crippen LogP contribution in [0.3, 0.4) is 0 Å². The summed E-state index contributed by atoms with van der Waals surface area (Å²) in [7, 11) is 1.13. The predicted octanol–water partition coefficient (Wildman–Crippen LogP) is 5.30. The second-order valence-corrected chi connectivity index (χ2v) is 10.1. The summed E-state index contributed by atoms with van der Waals surface area (Å²) in [5, 5.41) is 5.34. The minimum atomic E-state index is -1.22. The maximum Gasteiger partial charge on any atom is 0.358 e. The molecule has 1 aliphatic heterocycles. The van der Waals surface area contributed by atoms with Gasteiger partial charge in [-0.1, -0.05) is 42.5 Å². The van der Waals surface area contributed by atoms with Crippen molar-refractivity contribution >= 4 is 17.6 Å². The molecule has 0 spiro atoms. The quantitative estimate of drug-likeness (QED) is 0.208. The molecule has 2 heterocycles. The number of hydrogen-bond acceptors (Lipinski definition) is 6.